The summed E-state index contributed by atoms with van der Waals surface area (Å²) in [7, 11) is -1.08. The Morgan fingerprint density at radius 3 is 0.957 bits per heavy atom. The van der Waals surface area contributed by atoms with E-state index in [2.05, 4.69) is 133 Å². The molecule has 7 aromatic rings. The predicted molar refractivity (Wildman–Crippen MR) is 198 cm³/mol. The molecule has 0 aliphatic heterocycles. The molecule has 0 aliphatic carbocycles. The van der Waals surface area contributed by atoms with E-state index in [9.17, 15) is 0 Å². The summed E-state index contributed by atoms with van der Waals surface area (Å²) in [6.07, 6.45) is 0. The molecule has 0 saturated carbocycles. The molecule has 0 radical (unpaired) electrons. The first-order valence-corrected chi connectivity index (χ1v) is 18.0. The molecule has 0 atom stereocenters. The summed E-state index contributed by atoms with van der Waals surface area (Å²) in [6.45, 7) is -3.81. The van der Waals surface area contributed by atoms with E-state index in [4.69, 9.17) is 14.0 Å². The summed E-state index contributed by atoms with van der Waals surface area (Å²) >= 11 is 0. The Balaban J connectivity index is 1.55. The predicted octanol–water partition coefficient (Wildman–Crippen LogP) is 7.69. The first kappa shape index (κ1) is 30.1. The van der Waals surface area contributed by atoms with Gasteiger partial charge in [0.2, 0.25) is 0 Å². The van der Waals surface area contributed by atoms with Gasteiger partial charge in [-0.05, 0) is 0 Å². The second-order valence-corrected chi connectivity index (χ2v) is 16.0. The molecule has 0 heterocycles. The molecular weight excluding hydrogens is 594 g/mol. The summed E-state index contributed by atoms with van der Waals surface area (Å²) in [5.41, 5.74) is 0. The molecule has 47 heavy (non-hydrogen) atoms. The molecule has 0 amide bonds. The van der Waals surface area contributed by atoms with Crippen LogP contribution in [0.3, 0.4) is 0 Å². The first-order chi connectivity index (χ1) is 23.3. The Morgan fingerprint density at radius 2 is 0.596 bits per heavy atom. The van der Waals surface area contributed by atoms with Gasteiger partial charge in [-0.25, -0.2) is 0 Å². The third-order valence-corrected chi connectivity index (χ3v) is 15.3. The van der Waals surface area contributed by atoms with Crippen molar-refractivity contribution in [1.82, 2.24) is 0 Å². The second kappa shape index (κ2) is 13.4. The summed E-state index contributed by atoms with van der Waals surface area (Å²) in [6, 6.07) is 71.1. The van der Waals surface area contributed by atoms with Gasteiger partial charge in [-0.2, -0.15) is 0 Å². The number of hydrogen-bond donors (Lipinski definition) is 0. The van der Waals surface area contributed by atoms with Crippen LogP contribution in [-0.2, 0) is 0 Å². The Labute approximate surface area is 277 Å². The quantitative estimate of drug-likeness (QED) is 0.109. The average Bonchev–Trinajstić information content (AvgIpc) is 3.15. The van der Waals surface area contributed by atoms with Gasteiger partial charge in [0, 0.05) is 0 Å². The Bertz CT molecular complexity index is 1800. The molecule has 0 fully saturated rings. The summed E-state index contributed by atoms with van der Waals surface area (Å²) < 4.78 is 19.8. The fraction of sp³-hybridized carbons (Fsp3) is 0. The van der Waals surface area contributed by atoms with Crippen molar-refractivity contribution in [2.75, 3.05) is 0 Å². The molecule has 7 aromatic carbocycles. The van der Waals surface area contributed by atoms with Crippen LogP contribution in [0.2, 0.25) is 0 Å². The number of hydrogen-bond acceptors (Lipinski definition) is 3. The van der Waals surface area contributed by atoms with E-state index >= 15 is 0 Å². The van der Waals surface area contributed by atoms with Crippen molar-refractivity contribution < 1.29 is 14.0 Å². The van der Waals surface area contributed by atoms with Crippen LogP contribution in [0, 0.1) is 0 Å². The summed E-state index contributed by atoms with van der Waals surface area (Å²) in [4.78, 5) is 0. The maximum atomic E-state index is 6.96. The van der Waals surface area contributed by atoms with Crippen LogP contribution >= 0.6 is 6.60 Å². The molecule has 0 unspecified atom stereocenters. The van der Waals surface area contributed by atoms with Crippen LogP contribution in [0.5, 0.6) is 17.2 Å². The molecule has 7 rings (SSSR count). The molecule has 0 saturated heterocycles. The summed E-state index contributed by atoms with van der Waals surface area (Å²) in [5.74, 6) is 1.95. The third kappa shape index (κ3) is 5.37. The van der Waals surface area contributed by atoms with Gasteiger partial charge in [0.05, 0.1) is 0 Å². The first-order valence-electron chi connectivity index (χ1n) is 15.7. The van der Waals surface area contributed by atoms with Gasteiger partial charge in [-0.3, -0.25) is 0 Å². The Hall–Kier alpha value is -5.57. The normalized spacial score (nSPS) is 11.9. The number of rotatable bonds is 11. The van der Waals surface area contributed by atoms with Gasteiger partial charge >= 0.3 is 278 Å². The fourth-order valence-electron chi connectivity index (χ4n) is 6.68. The van der Waals surface area contributed by atoms with Gasteiger partial charge in [0.25, 0.3) is 0 Å². The Kier molecular flexibility index (Phi) is 8.60. The van der Waals surface area contributed by atoms with Crippen molar-refractivity contribution in [3.8, 4) is 17.2 Å². The monoisotopic (exact) mass is 628 g/mol. The standard InChI is InChI=1S/C42H34BO3P/c1-7-21-35(22-8-1)44-43(45-36-23-9-2-10-24-36)46-41-33-19-20-34-42(41)47(37-25-11-3-12-26-37,38-27-13-4-14-28-38,39-29-15-5-16-30-39)40-31-17-6-18-32-40/h1-34H. The van der Waals surface area contributed by atoms with Gasteiger partial charge in [-0.1, -0.05) is 0 Å². The minimum absolute atomic E-state index is 0.639. The fourth-order valence-corrected chi connectivity index (χ4v) is 13.6. The van der Waals surface area contributed by atoms with Crippen molar-refractivity contribution in [3.05, 3.63) is 206 Å². The van der Waals surface area contributed by atoms with Crippen LogP contribution in [-0.4, -0.2) is 7.32 Å². The van der Waals surface area contributed by atoms with Crippen LogP contribution < -0.4 is 40.5 Å². The van der Waals surface area contributed by atoms with Crippen molar-refractivity contribution in [2.45, 2.75) is 0 Å². The van der Waals surface area contributed by atoms with Crippen LogP contribution in [0.15, 0.2) is 206 Å². The van der Waals surface area contributed by atoms with Gasteiger partial charge in [0.15, 0.2) is 0 Å². The molecule has 0 bridgehead atoms. The van der Waals surface area contributed by atoms with E-state index < -0.39 is 13.9 Å². The maximum absolute atomic E-state index is 6.96. The van der Waals surface area contributed by atoms with Gasteiger partial charge in [-0.15, -0.1) is 0 Å². The van der Waals surface area contributed by atoms with E-state index in [0.717, 1.165) is 5.30 Å². The molecular formula is C42H34BO3P. The van der Waals surface area contributed by atoms with Gasteiger partial charge in [0.1, 0.15) is 0 Å². The zero-order valence-electron chi connectivity index (χ0n) is 25.9. The number of para-hydroxylation sites is 3. The van der Waals surface area contributed by atoms with Crippen molar-refractivity contribution in [1.29, 1.82) is 0 Å². The van der Waals surface area contributed by atoms with E-state index in [1.807, 2.05) is 72.8 Å². The van der Waals surface area contributed by atoms with E-state index in [1.165, 1.54) is 21.2 Å². The van der Waals surface area contributed by atoms with Crippen molar-refractivity contribution >= 4 is 40.4 Å². The molecule has 228 valence electrons. The molecule has 0 spiro atoms. The minimum atomic E-state index is -3.81. The zero-order valence-corrected chi connectivity index (χ0v) is 26.8. The van der Waals surface area contributed by atoms with Crippen LogP contribution in [0.1, 0.15) is 0 Å². The molecule has 0 aliphatic rings. The van der Waals surface area contributed by atoms with Crippen LogP contribution in [0.25, 0.3) is 0 Å². The third-order valence-electron chi connectivity index (χ3n) is 8.61. The summed E-state index contributed by atoms with van der Waals surface area (Å²) in [5, 5.41) is 5.84. The van der Waals surface area contributed by atoms with Crippen molar-refractivity contribution in [3.63, 3.8) is 0 Å². The topological polar surface area (TPSA) is 27.7 Å². The van der Waals surface area contributed by atoms with Crippen molar-refractivity contribution in [2.24, 2.45) is 0 Å². The molecule has 0 N–H and O–H groups in total. The molecule has 5 heteroatoms. The van der Waals surface area contributed by atoms with Crippen LogP contribution in [0.4, 0.5) is 0 Å². The number of benzene rings is 7. The molecule has 3 nitrogen and oxygen atoms in total. The van der Waals surface area contributed by atoms with E-state index in [0.29, 0.717) is 17.2 Å². The SMILES string of the molecule is c1ccc(OB(Oc2ccccc2)Oc2ccccc2P(c2ccccc2)(c2ccccc2)(c2ccccc2)c2ccccc2)cc1. The van der Waals surface area contributed by atoms with E-state index in [-0.39, 0.29) is 0 Å². The zero-order chi connectivity index (χ0) is 31.8. The van der Waals surface area contributed by atoms with Gasteiger partial charge < -0.3 is 0 Å². The Morgan fingerprint density at radius 1 is 0.298 bits per heavy atom. The van der Waals surface area contributed by atoms with E-state index in [1.54, 1.807) is 0 Å². The molecule has 0 aromatic heterocycles. The second-order valence-electron chi connectivity index (χ2n) is 11.2. The average molecular weight is 629 g/mol.